The molecule has 0 N–H and O–H groups in total. The number of allylic oxidation sites excluding steroid dienone is 1. The van der Waals surface area contributed by atoms with Gasteiger partial charge in [0, 0.05) is 22.8 Å². The highest BCUT2D eigenvalue weighted by Crippen LogP contribution is 2.55. The van der Waals surface area contributed by atoms with E-state index in [9.17, 15) is 10.5 Å². The fraction of sp³-hybridized carbons (Fsp3) is 0.233. The van der Waals surface area contributed by atoms with Crippen LogP contribution in [0.2, 0.25) is 0 Å². The van der Waals surface area contributed by atoms with Crippen LogP contribution in [0, 0.1) is 28.6 Å². The SMILES string of the molecule is N#CC(C#N)=c1ccc2c(c1)N1C(c3ccccc3)=C[C@H](c3ccccc3)[C@@H]3CCCC[C@]31N=2. The molecule has 3 aliphatic rings. The number of hydrogen-bond acceptors (Lipinski definition) is 4. The smallest absolute Gasteiger partial charge is 0.140 e. The first-order chi connectivity index (χ1) is 16.7. The lowest BCUT2D eigenvalue weighted by molar-refractivity contribution is 0.176. The van der Waals surface area contributed by atoms with Gasteiger partial charge in [0.2, 0.25) is 0 Å². The molecule has 0 radical (unpaired) electrons. The Labute approximate surface area is 199 Å². The molecule has 4 heteroatoms. The molecular formula is C30H24N4. The van der Waals surface area contributed by atoms with Gasteiger partial charge in [0.25, 0.3) is 0 Å². The van der Waals surface area contributed by atoms with Crippen molar-refractivity contribution < 1.29 is 0 Å². The summed E-state index contributed by atoms with van der Waals surface area (Å²) in [5.41, 5.74) is 4.41. The van der Waals surface area contributed by atoms with Crippen LogP contribution in [0.15, 0.2) is 89.9 Å². The van der Waals surface area contributed by atoms with Gasteiger partial charge in [0.1, 0.15) is 23.4 Å². The molecule has 0 amide bonds. The van der Waals surface area contributed by atoms with Crippen molar-refractivity contribution in [3.63, 3.8) is 0 Å². The fourth-order valence-corrected chi connectivity index (χ4v) is 6.16. The molecule has 3 aromatic carbocycles. The molecule has 1 saturated carbocycles. The van der Waals surface area contributed by atoms with Crippen LogP contribution in [0.4, 0.5) is 5.69 Å². The van der Waals surface area contributed by atoms with Crippen molar-refractivity contribution >= 4 is 17.0 Å². The van der Waals surface area contributed by atoms with Crippen LogP contribution in [-0.4, -0.2) is 5.66 Å². The normalized spacial score (nSPS) is 24.4. The lowest BCUT2D eigenvalue weighted by atomic mass is 9.66. The average Bonchev–Trinajstić information content (AvgIpc) is 3.22. The molecule has 0 saturated heterocycles. The van der Waals surface area contributed by atoms with Gasteiger partial charge < -0.3 is 4.90 Å². The maximum atomic E-state index is 9.48. The van der Waals surface area contributed by atoms with E-state index in [-0.39, 0.29) is 17.2 Å². The number of nitrogens with zero attached hydrogens (tertiary/aromatic N) is 4. The summed E-state index contributed by atoms with van der Waals surface area (Å²) < 4.78 is 0. The Kier molecular flexibility index (Phi) is 4.82. The first kappa shape index (κ1) is 20.5. The second-order valence-electron chi connectivity index (χ2n) is 9.33. The van der Waals surface area contributed by atoms with Crippen molar-refractivity contribution in [2.24, 2.45) is 10.9 Å². The van der Waals surface area contributed by atoms with Crippen LogP contribution in [0.5, 0.6) is 0 Å². The lowest BCUT2D eigenvalue weighted by Gasteiger charge is -2.53. The van der Waals surface area contributed by atoms with Crippen LogP contribution < -0.4 is 15.5 Å². The summed E-state index contributed by atoms with van der Waals surface area (Å²) in [5.74, 6) is 0.619. The van der Waals surface area contributed by atoms with Gasteiger partial charge in [0.05, 0.1) is 11.0 Å². The minimum atomic E-state index is -0.362. The number of fused-ring (bicyclic) bond motifs is 2. The van der Waals surface area contributed by atoms with Gasteiger partial charge in [-0.05, 0) is 42.5 Å². The molecule has 3 aromatic rings. The van der Waals surface area contributed by atoms with Gasteiger partial charge >= 0.3 is 0 Å². The summed E-state index contributed by atoms with van der Waals surface area (Å²) in [6, 6.07) is 31.3. The van der Waals surface area contributed by atoms with Crippen LogP contribution in [0.3, 0.4) is 0 Å². The number of anilines is 1. The zero-order valence-electron chi connectivity index (χ0n) is 18.9. The van der Waals surface area contributed by atoms with Crippen LogP contribution in [0.1, 0.15) is 42.7 Å². The monoisotopic (exact) mass is 440 g/mol. The highest BCUT2D eigenvalue weighted by atomic mass is 15.4. The first-order valence-electron chi connectivity index (χ1n) is 11.9. The Hall–Kier alpha value is -4.15. The van der Waals surface area contributed by atoms with Crippen LogP contribution >= 0.6 is 0 Å². The zero-order valence-corrected chi connectivity index (χ0v) is 18.9. The molecule has 0 bridgehead atoms. The molecule has 4 nitrogen and oxygen atoms in total. The van der Waals surface area contributed by atoms with Gasteiger partial charge in [-0.1, -0.05) is 79.2 Å². The van der Waals surface area contributed by atoms with E-state index in [1.165, 1.54) is 12.0 Å². The average molecular weight is 441 g/mol. The third kappa shape index (κ3) is 3.00. The molecule has 2 heterocycles. The predicted octanol–water partition coefficient (Wildman–Crippen LogP) is 5.05. The van der Waals surface area contributed by atoms with E-state index in [1.54, 1.807) is 0 Å². The van der Waals surface area contributed by atoms with Gasteiger partial charge in [-0.15, -0.1) is 0 Å². The van der Waals surface area contributed by atoms with E-state index in [0.29, 0.717) is 11.1 Å². The number of hydrogen-bond donors (Lipinski definition) is 0. The van der Waals surface area contributed by atoms with Gasteiger partial charge in [-0.2, -0.15) is 10.5 Å². The Morgan fingerprint density at radius 2 is 1.65 bits per heavy atom. The maximum absolute atomic E-state index is 9.48. The summed E-state index contributed by atoms with van der Waals surface area (Å²) in [7, 11) is 0. The molecule has 0 aromatic heterocycles. The quantitative estimate of drug-likeness (QED) is 0.560. The summed E-state index contributed by atoms with van der Waals surface area (Å²) in [6.45, 7) is 0. The Morgan fingerprint density at radius 1 is 0.912 bits per heavy atom. The molecule has 1 fully saturated rings. The van der Waals surface area contributed by atoms with Gasteiger partial charge in [-0.3, -0.25) is 4.99 Å². The Morgan fingerprint density at radius 3 is 2.38 bits per heavy atom. The second kappa shape index (κ2) is 8.01. The molecular weight excluding hydrogens is 416 g/mol. The molecule has 34 heavy (non-hydrogen) atoms. The predicted molar refractivity (Wildman–Crippen MR) is 133 cm³/mol. The lowest BCUT2D eigenvalue weighted by Crippen LogP contribution is -2.55. The minimum Gasteiger partial charge on any atom is -0.314 e. The molecule has 0 unspecified atom stereocenters. The van der Waals surface area contributed by atoms with E-state index in [0.717, 1.165) is 41.6 Å². The minimum absolute atomic E-state index is 0.133. The Balaban J connectivity index is 1.65. The van der Waals surface area contributed by atoms with Crippen molar-refractivity contribution in [2.75, 3.05) is 4.90 Å². The van der Waals surface area contributed by atoms with E-state index in [4.69, 9.17) is 4.99 Å². The van der Waals surface area contributed by atoms with Crippen LogP contribution in [0.25, 0.3) is 11.3 Å². The van der Waals surface area contributed by atoms with E-state index in [1.807, 2.05) is 36.4 Å². The topological polar surface area (TPSA) is 63.2 Å². The van der Waals surface area contributed by atoms with Crippen LogP contribution in [-0.2, 0) is 0 Å². The molecule has 164 valence electrons. The molecule has 3 atom stereocenters. The molecule has 6 rings (SSSR count). The molecule has 2 aliphatic heterocycles. The Bertz CT molecular complexity index is 1480. The standard InChI is InChI=1S/C30H24N4/c31-19-24(20-32)23-14-15-27-29(17-23)34-28(22-11-5-2-6-12-22)18-25(21-9-3-1-4-10-21)26-13-7-8-16-30(26,34)33-27/h1-6,9-12,14-15,17-18,25-26H,7-8,13,16H2/t25-,26+,30-/m1/s1. The van der Waals surface area contributed by atoms with Gasteiger partial charge in [-0.25, -0.2) is 0 Å². The second-order valence-corrected chi connectivity index (χ2v) is 9.33. The van der Waals surface area contributed by atoms with E-state index in [2.05, 4.69) is 65.6 Å². The van der Waals surface area contributed by atoms with E-state index >= 15 is 0 Å². The maximum Gasteiger partial charge on any atom is 0.140 e. The third-order valence-corrected chi connectivity index (χ3v) is 7.60. The fourth-order valence-electron chi connectivity index (χ4n) is 6.16. The molecule has 1 aliphatic carbocycles. The first-order valence-corrected chi connectivity index (χ1v) is 11.9. The highest BCUT2D eigenvalue weighted by molar-refractivity contribution is 5.85. The highest BCUT2D eigenvalue weighted by Gasteiger charge is 2.55. The number of rotatable bonds is 2. The van der Waals surface area contributed by atoms with Crippen molar-refractivity contribution in [3.05, 3.63) is 107 Å². The summed E-state index contributed by atoms with van der Waals surface area (Å²) in [4.78, 5) is 7.87. The molecule has 1 spiro atoms. The zero-order chi connectivity index (χ0) is 23.1. The summed E-state index contributed by atoms with van der Waals surface area (Å²) >= 11 is 0. The van der Waals surface area contributed by atoms with Gasteiger partial charge in [0.15, 0.2) is 0 Å². The van der Waals surface area contributed by atoms with Crippen molar-refractivity contribution in [3.8, 4) is 12.1 Å². The summed E-state index contributed by atoms with van der Waals surface area (Å²) in [5, 5.41) is 20.6. The van der Waals surface area contributed by atoms with Crippen molar-refractivity contribution in [1.29, 1.82) is 10.5 Å². The number of nitriles is 2. The largest absolute Gasteiger partial charge is 0.314 e. The van der Waals surface area contributed by atoms with Crippen molar-refractivity contribution in [1.82, 2.24) is 0 Å². The number of benzene rings is 3. The van der Waals surface area contributed by atoms with Crippen molar-refractivity contribution in [2.45, 2.75) is 37.3 Å². The third-order valence-electron chi connectivity index (χ3n) is 7.60. The summed E-state index contributed by atoms with van der Waals surface area (Å²) in [6.07, 6.45) is 6.87. The van der Waals surface area contributed by atoms with E-state index < -0.39 is 0 Å².